The normalized spacial score (nSPS) is 25.0. The second kappa shape index (κ2) is 6.92. The minimum absolute atomic E-state index is 0.0480. The first kappa shape index (κ1) is 17.9. The second-order valence-corrected chi connectivity index (χ2v) is 6.85. The summed E-state index contributed by atoms with van der Waals surface area (Å²) in [7, 11) is 0. The van der Waals surface area contributed by atoms with Crippen LogP contribution in [0, 0.1) is 0 Å². The molecule has 2 atom stereocenters. The van der Waals surface area contributed by atoms with Gasteiger partial charge >= 0.3 is 6.18 Å². The molecule has 4 rings (SSSR count). The van der Waals surface area contributed by atoms with E-state index in [1.807, 2.05) is 0 Å². The Morgan fingerprint density at radius 3 is 2.89 bits per heavy atom. The quantitative estimate of drug-likeness (QED) is 0.843. The first-order chi connectivity index (χ1) is 12.9. The number of hydrogen-bond donors (Lipinski definition) is 2. The third-order valence-corrected chi connectivity index (χ3v) is 5.15. The van der Waals surface area contributed by atoms with Crippen molar-refractivity contribution in [2.75, 3.05) is 19.6 Å². The highest BCUT2D eigenvalue weighted by Crippen LogP contribution is 2.34. The van der Waals surface area contributed by atoms with Crippen molar-refractivity contribution < 1.29 is 22.7 Å². The first-order valence-corrected chi connectivity index (χ1v) is 8.90. The molecule has 0 saturated carbocycles. The van der Waals surface area contributed by atoms with Crippen LogP contribution in [0.3, 0.4) is 0 Å². The molecule has 3 heterocycles. The molecular formula is C19H20F3N3O2. The zero-order valence-corrected chi connectivity index (χ0v) is 14.6. The summed E-state index contributed by atoms with van der Waals surface area (Å²) in [6.45, 7) is 2.01. The number of allylic oxidation sites excluding steroid dienone is 1. The van der Waals surface area contributed by atoms with Gasteiger partial charge in [-0.3, -0.25) is 4.79 Å². The molecule has 0 spiro atoms. The predicted molar refractivity (Wildman–Crippen MR) is 92.3 cm³/mol. The highest BCUT2D eigenvalue weighted by Gasteiger charge is 2.41. The SMILES string of the molecule is O=C1CC2CNCCN2C2=C(OCc3ccccc3C(F)(F)F)C=CNC12. The van der Waals surface area contributed by atoms with Crippen LogP contribution in [-0.2, 0) is 22.3 Å². The number of halogens is 3. The molecule has 2 unspecified atom stereocenters. The molecule has 8 heteroatoms. The number of piperazine rings is 1. The molecule has 3 aliphatic rings. The topological polar surface area (TPSA) is 53.6 Å². The number of piperidine rings is 1. The van der Waals surface area contributed by atoms with Crippen molar-refractivity contribution in [1.29, 1.82) is 0 Å². The average molecular weight is 379 g/mol. The van der Waals surface area contributed by atoms with E-state index >= 15 is 0 Å². The lowest BCUT2D eigenvalue weighted by molar-refractivity contribution is -0.138. The van der Waals surface area contributed by atoms with Crippen molar-refractivity contribution >= 4 is 5.78 Å². The Morgan fingerprint density at radius 2 is 2.07 bits per heavy atom. The smallest absolute Gasteiger partial charge is 0.416 e. The van der Waals surface area contributed by atoms with E-state index in [4.69, 9.17) is 4.74 Å². The number of dihydropyridines is 1. The van der Waals surface area contributed by atoms with Crippen molar-refractivity contribution in [3.8, 4) is 0 Å². The molecule has 0 aromatic heterocycles. The highest BCUT2D eigenvalue weighted by molar-refractivity contribution is 5.89. The van der Waals surface area contributed by atoms with Gasteiger partial charge in [0.15, 0.2) is 5.78 Å². The number of nitrogens with one attached hydrogen (secondary N) is 2. The van der Waals surface area contributed by atoms with Gasteiger partial charge in [-0.25, -0.2) is 0 Å². The fourth-order valence-electron chi connectivity index (χ4n) is 3.89. The van der Waals surface area contributed by atoms with E-state index in [1.165, 1.54) is 12.1 Å². The number of carbonyl (C=O) groups is 1. The van der Waals surface area contributed by atoms with Crippen LogP contribution in [0.5, 0.6) is 0 Å². The minimum atomic E-state index is -4.44. The zero-order chi connectivity index (χ0) is 19.0. The number of ketones is 1. The number of hydrogen-bond acceptors (Lipinski definition) is 5. The van der Waals surface area contributed by atoms with Crippen LogP contribution >= 0.6 is 0 Å². The minimum Gasteiger partial charge on any atom is -0.487 e. The fraction of sp³-hybridized carbons (Fsp3) is 0.421. The van der Waals surface area contributed by atoms with Crippen molar-refractivity contribution in [2.24, 2.45) is 0 Å². The summed E-state index contributed by atoms with van der Waals surface area (Å²) < 4.78 is 45.4. The van der Waals surface area contributed by atoms with Crippen LogP contribution in [0.4, 0.5) is 13.2 Å². The summed E-state index contributed by atoms with van der Waals surface area (Å²) in [6, 6.07) is 4.93. The Kier molecular flexibility index (Phi) is 4.59. The molecule has 2 saturated heterocycles. The summed E-state index contributed by atoms with van der Waals surface area (Å²) in [5.41, 5.74) is 0.0927. The monoisotopic (exact) mass is 379 g/mol. The Balaban J connectivity index is 1.63. The third-order valence-electron chi connectivity index (χ3n) is 5.15. The van der Waals surface area contributed by atoms with E-state index in [0.29, 0.717) is 18.7 Å². The Hall–Kier alpha value is -2.48. The number of benzene rings is 1. The highest BCUT2D eigenvalue weighted by atomic mass is 19.4. The number of carbonyl (C=O) groups excluding carboxylic acids is 1. The molecule has 27 heavy (non-hydrogen) atoms. The molecular weight excluding hydrogens is 359 g/mol. The van der Waals surface area contributed by atoms with Gasteiger partial charge in [0.2, 0.25) is 0 Å². The van der Waals surface area contributed by atoms with Gasteiger partial charge in [0, 0.05) is 43.9 Å². The summed E-state index contributed by atoms with van der Waals surface area (Å²) >= 11 is 0. The van der Waals surface area contributed by atoms with Gasteiger partial charge in [-0.05, 0) is 12.1 Å². The molecule has 1 aromatic rings. The van der Waals surface area contributed by atoms with E-state index in [1.54, 1.807) is 18.3 Å². The summed E-state index contributed by atoms with van der Waals surface area (Å²) in [5.74, 6) is 0.520. The van der Waals surface area contributed by atoms with Crippen LogP contribution in [0.2, 0.25) is 0 Å². The molecule has 0 amide bonds. The molecule has 5 nitrogen and oxygen atoms in total. The van der Waals surface area contributed by atoms with Gasteiger partial charge < -0.3 is 20.3 Å². The van der Waals surface area contributed by atoms with Crippen LogP contribution in [-0.4, -0.2) is 42.4 Å². The first-order valence-electron chi connectivity index (χ1n) is 8.90. The van der Waals surface area contributed by atoms with Crippen LogP contribution in [0.15, 0.2) is 48.0 Å². The summed E-state index contributed by atoms with van der Waals surface area (Å²) in [6.07, 6.45) is -0.694. The lowest BCUT2D eigenvalue weighted by Gasteiger charge is -2.46. The maximum atomic E-state index is 13.2. The number of alkyl halides is 3. The molecule has 0 radical (unpaired) electrons. The maximum absolute atomic E-state index is 13.2. The van der Waals surface area contributed by atoms with Gasteiger partial charge in [0.05, 0.1) is 11.3 Å². The number of Topliss-reactive ketones (excluding diaryl/α,β-unsaturated/α-hetero) is 1. The second-order valence-electron chi connectivity index (χ2n) is 6.85. The molecule has 2 N–H and O–H groups in total. The van der Waals surface area contributed by atoms with E-state index in [2.05, 4.69) is 15.5 Å². The third kappa shape index (κ3) is 3.41. The van der Waals surface area contributed by atoms with E-state index in [0.717, 1.165) is 24.9 Å². The predicted octanol–water partition coefficient (Wildman–Crippen LogP) is 2.17. The Morgan fingerprint density at radius 1 is 1.26 bits per heavy atom. The van der Waals surface area contributed by atoms with Crippen molar-refractivity contribution in [3.63, 3.8) is 0 Å². The van der Waals surface area contributed by atoms with Crippen molar-refractivity contribution in [2.45, 2.75) is 31.3 Å². The van der Waals surface area contributed by atoms with Gasteiger partial charge in [0.1, 0.15) is 18.4 Å². The van der Waals surface area contributed by atoms with Crippen LogP contribution in [0.1, 0.15) is 17.5 Å². The summed E-state index contributed by atoms with van der Waals surface area (Å²) in [4.78, 5) is 14.6. The average Bonchev–Trinajstić information content (AvgIpc) is 2.66. The standard InChI is InChI=1S/C19H20F3N3O2/c20-19(21,22)14-4-2-1-3-12(14)11-27-16-5-6-24-17-15(26)9-13-10-23-7-8-25(13)18(16)17/h1-6,13,17,23-24H,7-11H2. The molecule has 0 bridgehead atoms. The Labute approximate surface area is 154 Å². The van der Waals surface area contributed by atoms with Gasteiger partial charge in [-0.15, -0.1) is 0 Å². The van der Waals surface area contributed by atoms with Crippen molar-refractivity contribution in [3.05, 3.63) is 59.1 Å². The van der Waals surface area contributed by atoms with Gasteiger partial charge in [-0.2, -0.15) is 13.2 Å². The number of rotatable bonds is 3. The lowest BCUT2D eigenvalue weighted by Crippen LogP contribution is -2.60. The van der Waals surface area contributed by atoms with E-state index < -0.39 is 17.8 Å². The van der Waals surface area contributed by atoms with Crippen LogP contribution < -0.4 is 10.6 Å². The molecule has 0 aliphatic carbocycles. The number of nitrogens with zero attached hydrogens (tertiary/aromatic N) is 1. The zero-order valence-electron chi connectivity index (χ0n) is 14.6. The molecule has 2 fully saturated rings. The molecule has 1 aromatic carbocycles. The fourth-order valence-corrected chi connectivity index (χ4v) is 3.89. The van der Waals surface area contributed by atoms with Crippen LogP contribution in [0.25, 0.3) is 0 Å². The maximum Gasteiger partial charge on any atom is 0.416 e. The molecule has 3 aliphatic heterocycles. The number of fused-ring (bicyclic) bond motifs is 3. The van der Waals surface area contributed by atoms with Gasteiger partial charge in [0.25, 0.3) is 0 Å². The number of ether oxygens (including phenoxy) is 1. The van der Waals surface area contributed by atoms with E-state index in [-0.39, 0.29) is 24.0 Å². The Bertz CT molecular complexity index is 804. The summed E-state index contributed by atoms with van der Waals surface area (Å²) in [5, 5.41) is 6.33. The van der Waals surface area contributed by atoms with Crippen molar-refractivity contribution in [1.82, 2.24) is 15.5 Å². The van der Waals surface area contributed by atoms with E-state index in [9.17, 15) is 18.0 Å². The largest absolute Gasteiger partial charge is 0.487 e. The van der Waals surface area contributed by atoms with Gasteiger partial charge in [-0.1, -0.05) is 18.2 Å². The lowest BCUT2D eigenvalue weighted by atomic mass is 9.90. The molecule has 144 valence electrons.